The highest BCUT2D eigenvalue weighted by atomic mass is 79.9. The van der Waals surface area contributed by atoms with E-state index in [4.69, 9.17) is 4.74 Å². The number of ether oxygens (including phenoxy) is 1. The van der Waals surface area contributed by atoms with Gasteiger partial charge in [-0.25, -0.2) is 4.79 Å². The molecule has 0 radical (unpaired) electrons. The van der Waals surface area contributed by atoms with Gasteiger partial charge in [0.1, 0.15) is 5.75 Å². The molecule has 1 aromatic rings. The number of hydrogen-bond acceptors (Lipinski definition) is 3. The summed E-state index contributed by atoms with van der Waals surface area (Å²) in [5.41, 5.74) is 0. The molecule has 0 bridgehead atoms. The van der Waals surface area contributed by atoms with Gasteiger partial charge in [0, 0.05) is 17.6 Å². The number of nitrogens with zero attached hydrogens (tertiary/aromatic N) is 2. The van der Waals surface area contributed by atoms with Crippen LogP contribution in [-0.2, 0) is 0 Å². The van der Waals surface area contributed by atoms with Crippen LogP contribution in [0, 0.1) is 5.92 Å². The van der Waals surface area contributed by atoms with Gasteiger partial charge in [-0.3, -0.25) is 0 Å². The molecule has 0 aromatic heterocycles. The Balaban J connectivity index is 1.65. The van der Waals surface area contributed by atoms with Crippen molar-refractivity contribution in [2.24, 2.45) is 5.92 Å². The minimum atomic E-state index is -0.250. The van der Waals surface area contributed by atoms with E-state index in [0.29, 0.717) is 11.8 Å². The molecular weight excluding hydrogens is 404 g/mol. The van der Waals surface area contributed by atoms with E-state index in [1.807, 2.05) is 31.3 Å². The van der Waals surface area contributed by atoms with E-state index in [0.717, 1.165) is 23.2 Å². The smallest absolute Gasteiger partial charge is 0.410 e. The predicted octanol–water partition coefficient (Wildman–Crippen LogP) is 5.95. The topological polar surface area (TPSA) is 32.8 Å². The molecule has 0 atom stereocenters. The van der Waals surface area contributed by atoms with E-state index in [9.17, 15) is 4.79 Å². The monoisotopic (exact) mass is 438 g/mol. The summed E-state index contributed by atoms with van der Waals surface area (Å²) in [4.78, 5) is 16.6. The van der Waals surface area contributed by atoms with Gasteiger partial charge in [-0.15, -0.1) is 0 Å². The average Bonchev–Trinajstić information content (AvgIpc) is 2.67. The van der Waals surface area contributed by atoms with Crippen LogP contribution in [0.15, 0.2) is 28.7 Å². The Morgan fingerprint density at radius 3 is 2.37 bits per heavy atom. The summed E-state index contributed by atoms with van der Waals surface area (Å²) < 4.78 is 6.47. The lowest BCUT2D eigenvalue weighted by Gasteiger charge is -2.34. The standard InChI is InChI=1S/C22H35BrN2O2/c1-4-16-24(2)17-6-5-7-18-8-12-20(13-9-18)25(3)22(26)27-21-14-10-19(23)11-15-21/h10-11,14-15,18,20H,4-9,12-13,16-17H2,1-3H3/t18-,20-. The third-order valence-electron chi connectivity index (χ3n) is 5.68. The molecule has 4 nitrogen and oxygen atoms in total. The van der Waals surface area contributed by atoms with Gasteiger partial charge < -0.3 is 14.5 Å². The molecule has 1 aliphatic rings. The first-order chi connectivity index (χ1) is 13.0. The molecule has 152 valence electrons. The number of unbranched alkanes of at least 4 members (excludes halogenated alkanes) is 1. The first-order valence-electron chi connectivity index (χ1n) is 10.4. The second-order valence-corrected chi connectivity index (χ2v) is 8.82. The van der Waals surface area contributed by atoms with Gasteiger partial charge in [0.25, 0.3) is 0 Å². The molecule has 0 saturated heterocycles. The highest BCUT2D eigenvalue weighted by molar-refractivity contribution is 9.10. The Bertz CT molecular complexity index is 556. The fraction of sp³-hybridized carbons (Fsp3) is 0.682. The van der Waals surface area contributed by atoms with Gasteiger partial charge in [-0.2, -0.15) is 0 Å². The van der Waals surface area contributed by atoms with Gasteiger partial charge >= 0.3 is 6.09 Å². The van der Waals surface area contributed by atoms with Crippen LogP contribution in [0.3, 0.4) is 0 Å². The fourth-order valence-corrected chi connectivity index (χ4v) is 4.22. The van der Waals surface area contributed by atoms with Crippen LogP contribution >= 0.6 is 15.9 Å². The van der Waals surface area contributed by atoms with Crippen LogP contribution in [0.5, 0.6) is 5.75 Å². The largest absolute Gasteiger partial charge is 0.415 e. The van der Waals surface area contributed by atoms with Crippen molar-refractivity contribution in [3.8, 4) is 5.75 Å². The molecule has 0 N–H and O–H groups in total. The highest BCUT2D eigenvalue weighted by Crippen LogP contribution is 2.31. The fourth-order valence-electron chi connectivity index (χ4n) is 3.95. The molecule has 0 unspecified atom stereocenters. The van der Waals surface area contributed by atoms with Crippen LogP contribution in [0.4, 0.5) is 4.79 Å². The predicted molar refractivity (Wildman–Crippen MR) is 115 cm³/mol. The summed E-state index contributed by atoms with van der Waals surface area (Å²) in [5, 5.41) is 0. The van der Waals surface area contributed by atoms with Crippen LogP contribution < -0.4 is 4.74 Å². The number of benzene rings is 1. The molecule has 1 amide bonds. The summed E-state index contributed by atoms with van der Waals surface area (Å²) in [6.07, 6.45) is 9.58. The zero-order valence-corrected chi connectivity index (χ0v) is 18.7. The Morgan fingerprint density at radius 1 is 1.07 bits per heavy atom. The molecule has 1 saturated carbocycles. The summed E-state index contributed by atoms with van der Waals surface area (Å²) in [7, 11) is 4.09. The molecule has 1 aromatic carbocycles. The van der Waals surface area contributed by atoms with E-state index in [1.165, 1.54) is 51.6 Å². The number of hydrogen-bond donors (Lipinski definition) is 0. The molecule has 2 rings (SSSR count). The molecule has 0 spiro atoms. The number of carbonyl (C=O) groups is 1. The van der Waals surface area contributed by atoms with Crippen molar-refractivity contribution in [1.82, 2.24) is 9.80 Å². The molecule has 1 fully saturated rings. The first kappa shape index (κ1) is 22.2. The number of rotatable bonds is 9. The number of halogens is 1. The van der Waals surface area contributed by atoms with Crippen molar-refractivity contribution >= 4 is 22.0 Å². The van der Waals surface area contributed by atoms with E-state index in [-0.39, 0.29) is 6.09 Å². The summed E-state index contributed by atoms with van der Waals surface area (Å²) in [6, 6.07) is 7.69. The minimum absolute atomic E-state index is 0.250. The Labute approximate surface area is 173 Å². The van der Waals surface area contributed by atoms with Crippen LogP contribution in [0.1, 0.15) is 58.3 Å². The SMILES string of the molecule is CCCN(C)CCCC[C@H]1CC[C@H](N(C)C(=O)Oc2ccc(Br)cc2)CC1. The second-order valence-electron chi connectivity index (χ2n) is 7.91. The maximum Gasteiger partial charge on any atom is 0.415 e. The van der Waals surface area contributed by atoms with Gasteiger partial charge in [0.05, 0.1) is 0 Å². The molecule has 0 aliphatic heterocycles. The van der Waals surface area contributed by atoms with Crippen molar-refractivity contribution in [2.75, 3.05) is 27.2 Å². The number of amides is 1. The van der Waals surface area contributed by atoms with Gasteiger partial charge in [0.2, 0.25) is 0 Å². The van der Waals surface area contributed by atoms with Crippen molar-refractivity contribution in [3.05, 3.63) is 28.7 Å². The highest BCUT2D eigenvalue weighted by Gasteiger charge is 2.27. The second kappa shape index (κ2) is 11.7. The summed E-state index contributed by atoms with van der Waals surface area (Å²) in [6.45, 7) is 4.66. The van der Waals surface area contributed by atoms with Gasteiger partial charge in [-0.1, -0.05) is 35.7 Å². The van der Waals surface area contributed by atoms with E-state index in [1.54, 1.807) is 4.90 Å². The summed E-state index contributed by atoms with van der Waals surface area (Å²) >= 11 is 3.39. The maximum atomic E-state index is 12.4. The van der Waals surface area contributed by atoms with E-state index >= 15 is 0 Å². The van der Waals surface area contributed by atoms with Crippen LogP contribution in [-0.4, -0.2) is 49.1 Å². The van der Waals surface area contributed by atoms with Gasteiger partial charge in [0.15, 0.2) is 0 Å². The minimum Gasteiger partial charge on any atom is -0.410 e. The van der Waals surface area contributed by atoms with Crippen molar-refractivity contribution in [2.45, 2.75) is 64.3 Å². The maximum absolute atomic E-state index is 12.4. The Hall–Kier alpha value is -1.07. The lowest BCUT2D eigenvalue weighted by Crippen LogP contribution is -2.41. The molecular formula is C22H35BrN2O2. The van der Waals surface area contributed by atoms with Crippen LogP contribution in [0.2, 0.25) is 0 Å². The average molecular weight is 439 g/mol. The third kappa shape index (κ3) is 7.82. The zero-order chi connectivity index (χ0) is 19.6. The summed E-state index contributed by atoms with van der Waals surface area (Å²) in [5.74, 6) is 1.42. The molecule has 5 heteroatoms. The van der Waals surface area contributed by atoms with Crippen molar-refractivity contribution in [3.63, 3.8) is 0 Å². The first-order valence-corrected chi connectivity index (χ1v) is 11.2. The van der Waals surface area contributed by atoms with Crippen LogP contribution in [0.25, 0.3) is 0 Å². The number of carbonyl (C=O) groups excluding carboxylic acids is 1. The van der Waals surface area contributed by atoms with Crippen molar-refractivity contribution in [1.29, 1.82) is 0 Å². The Morgan fingerprint density at radius 2 is 1.74 bits per heavy atom. The van der Waals surface area contributed by atoms with Gasteiger partial charge in [-0.05, 0) is 88.8 Å². The van der Waals surface area contributed by atoms with Crippen molar-refractivity contribution < 1.29 is 9.53 Å². The third-order valence-corrected chi connectivity index (χ3v) is 6.21. The quantitative estimate of drug-likeness (QED) is 0.446. The molecule has 27 heavy (non-hydrogen) atoms. The molecule has 0 heterocycles. The molecule has 1 aliphatic carbocycles. The van der Waals surface area contributed by atoms with E-state index in [2.05, 4.69) is 34.8 Å². The zero-order valence-electron chi connectivity index (χ0n) is 17.1. The lowest BCUT2D eigenvalue weighted by molar-refractivity contribution is 0.123. The Kier molecular flexibility index (Phi) is 9.63. The lowest BCUT2D eigenvalue weighted by atomic mass is 9.82. The van der Waals surface area contributed by atoms with E-state index < -0.39 is 0 Å². The normalized spacial score (nSPS) is 19.9.